The van der Waals surface area contributed by atoms with Crippen LogP contribution in [-0.4, -0.2) is 35.3 Å². The molecule has 5 saturated heterocycles. The van der Waals surface area contributed by atoms with Gasteiger partial charge < -0.3 is 4.52 Å². The Morgan fingerprint density at radius 3 is 1.43 bits per heavy atom. The third-order valence-corrected chi connectivity index (χ3v) is 13.4. The molecule has 0 radical (unpaired) electrons. The first kappa shape index (κ1) is 33.4. The van der Waals surface area contributed by atoms with Crippen molar-refractivity contribution in [1.82, 2.24) is 0 Å². The van der Waals surface area contributed by atoms with E-state index < -0.39 is 15.1 Å². The third-order valence-electron chi connectivity index (χ3n) is 8.43. The molecule has 42 heavy (non-hydrogen) atoms. The summed E-state index contributed by atoms with van der Waals surface area (Å²) in [6.07, 6.45) is 2.01. The Kier molecular flexibility index (Phi) is 7.98. The van der Waals surface area contributed by atoms with Crippen molar-refractivity contribution in [2.45, 2.75) is 105 Å². The second-order valence-electron chi connectivity index (χ2n) is 16.7. The van der Waals surface area contributed by atoms with Crippen molar-refractivity contribution in [2.24, 2.45) is 5.41 Å². The van der Waals surface area contributed by atoms with Crippen LogP contribution in [0.25, 0.3) is 0 Å². The molecule has 5 aliphatic heterocycles. The molecular formula is C33H52O7P2. The van der Waals surface area contributed by atoms with E-state index in [2.05, 4.69) is 80.5 Å². The molecule has 7 rings (SSSR count). The van der Waals surface area contributed by atoms with Gasteiger partial charge in [-0.1, -0.05) is 53.7 Å². The van der Waals surface area contributed by atoms with Crippen molar-refractivity contribution >= 4 is 15.1 Å². The monoisotopic (exact) mass is 622 g/mol. The molecule has 2 bridgehead atoms. The van der Waals surface area contributed by atoms with Crippen LogP contribution in [-0.2, 0) is 35.3 Å². The van der Waals surface area contributed by atoms with E-state index in [0.29, 0.717) is 0 Å². The molecule has 5 fully saturated rings. The van der Waals surface area contributed by atoms with Crippen LogP contribution in [0.4, 0.5) is 0 Å². The van der Waals surface area contributed by atoms with Gasteiger partial charge >= 0.3 is 147 Å². The van der Waals surface area contributed by atoms with Crippen molar-refractivity contribution < 1.29 is 32.4 Å². The van der Waals surface area contributed by atoms with E-state index >= 15 is 0 Å². The van der Waals surface area contributed by atoms with E-state index in [-0.39, 0.29) is 32.8 Å². The number of phosphoric ester groups is 1. The Hall–Kier alpha value is -1.46. The molecule has 0 saturated carbocycles. The Balaban J connectivity index is 0.000000198. The van der Waals surface area contributed by atoms with Gasteiger partial charge in [-0.2, -0.15) is 0 Å². The maximum absolute atomic E-state index is 11.0. The van der Waals surface area contributed by atoms with Crippen molar-refractivity contribution in [2.75, 3.05) is 25.5 Å². The van der Waals surface area contributed by atoms with E-state index in [0.717, 1.165) is 42.4 Å². The minimum absolute atomic E-state index is 0.0228. The van der Waals surface area contributed by atoms with Crippen molar-refractivity contribution in [1.29, 1.82) is 0 Å². The van der Waals surface area contributed by atoms with Gasteiger partial charge in [-0.3, -0.25) is 9.79 Å². The van der Waals surface area contributed by atoms with Crippen LogP contribution < -0.4 is 9.05 Å². The first-order valence-corrected chi connectivity index (χ1v) is 18.7. The third kappa shape index (κ3) is 6.77. The minimum atomic E-state index is -4.54. The van der Waals surface area contributed by atoms with E-state index in [1.54, 1.807) is 6.07 Å². The standard InChI is InChI=1S/C19H29O3P.C14H23O4P/c1-17(2,3)14-7-8-16(15(9-14)18(4,5)6)22-23-12-19(13-23,10-20-23)11-21-23;1-13(2,3)10-7-8-12(18-19(15,16)17)11(9-10)14(4,5)6/h7-9H,10-13H2,1-6H3;7-9H,1-6H3,(H2,15,16,17). The van der Waals surface area contributed by atoms with Gasteiger partial charge in [0.15, 0.2) is 0 Å². The molecule has 0 amide bonds. The second kappa shape index (κ2) is 10.0. The maximum atomic E-state index is 11.0. The molecule has 0 aromatic heterocycles. The molecule has 5 heterocycles. The van der Waals surface area contributed by atoms with Crippen LogP contribution in [0, 0.1) is 5.41 Å². The van der Waals surface area contributed by atoms with Gasteiger partial charge in [0, 0.05) is 5.56 Å². The van der Waals surface area contributed by atoms with E-state index in [1.807, 2.05) is 32.9 Å². The molecule has 2 aromatic rings. The molecule has 2 N–H and O–H groups in total. The van der Waals surface area contributed by atoms with Gasteiger partial charge in [-0.15, -0.1) is 0 Å². The Morgan fingerprint density at radius 1 is 0.690 bits per heavy atom. The van der Waals surface area contributed by atoms with Gasteiger partial charge in [0.25, 0.3) is 0 Å². The number of hydrogen-bond acceptors (Lipinski definition) is 5. The van der Waals surface area contributed by atoms with Crippen LogP contribution in [0.3, 0.4) is 0 Å². The molecule has 9 heteroatoms. The average molecular weight is 623 g/mol. The fourth-order valence-electron chi connectivity index (χ4n) is 6.04. The van der Waals surface area contributed by atoms with Gasteiger partial charge in [0.1, 0.15) is 5.75 Å². The molecule has 236 valence electrons. The summed E-state index contributed by atoms with van der Waals surface area (Å²) in [5, 5.41) is 0. The fourth-order valence-corrected chi connectivity index (χ4v) is 11.7. The molecule has 0 unspecified atom stereocenters. The zero-order chi connectivity index (χ0) is 31.8. The molecule has 0 spiro atoms. The van der Waals surface area contributed by atoms with Gasteiger partial charge in [0.2, 0.25) is 0 Å². The Labute approximate surface area is 253 Å². The Morgan fingerprint density at radius 2 is 1.10 bits per heavy atom. The topological polar surface area (TPSA) is 94.5 Å². The van der Waals surface area contributed by atoms with Gasteiger partial charge in [-0.25, -0.2) is 4.57 Å². The number of hydrogen-bond donors (Lipinski definition) is 2. The average Bonchev–Trinajstić information content (AvgIpc) is 3.46. The molecular weight excluding hydrogens is 570 g/mol. The summed E-state index contributed by atoms with van der Waals surface area (Å²) in [5.74, 6) is 1.20. The predicted octanol–water partition coefficient (Wildman–Crippen LogP) is 8.77. The van der Waals surface area contributed by atoms with E-state index in [9.17, 15) is 4.57 Å². The predicted molar refractivity (Wildman–Crippen MR) is 172 cm³/mol. The number of phosphoric acid groups is 1. The quantitative estimate of drug-likeness (QED) is 0.329. The van der Waals surface area contributed by atoms with Crippen LogP contribution in [0.1, 0.15) is 105 Å². The van der Waals surface area contributed by atoms with E-state index in [4.69, 9.17) is 27.9 Å². The summed E-state index contributed by atoms with van der Waals surface area (Å²) in [4.78, 5) is 18.0. The molecule has 5 aliphatic rings. The number of fused-ring (bicyclic) bond motifs is 2. The summed E-state index contributed by atoms with van der Waals surface area (Å²) in [7, 11) is -7.33. The summed E-state index contributed by atoms with van der Waals surface area (Å²) >= 11 is 0. The van der Waals surface area contributed by atoms with Crippen LogP contribution in [0.2, 0.25) is 0 Å². The molecule has 2 aromatic carbocycles. The van der Waals surface area contributed by atoms with E-state index in [1.165, 1.54) is 11.1 Å². The summed E-state index contributed by atoms with van der Waals surface area (Å²) in [5.41, 5.74) is 4.65. The second-order valence-corrected chi connectivity index (χ2v) is 21.6. The van der Waals surface area contributed by atoms with Crippen LogP contribution in [0.5, 0.6) is 11.5 Å². The zero-order valence-electron chi connectivity index (χ0n) is 27.6. The van der Waals surface area contributed by atoms with Gasteiger partial charge in [0.05, 0.1) is 0 Å². The molecule has 0 aliphatic carbocycles. The number of benzene rings is 2. The van der Waals surface area contributed by atoms with Crippen molar-refractivity contribution in [3.05, 3.63) is 58.7 Å². The van der Waals surface area contributed by atoms with Crippen LogP contribution in [0.15, 0.2) is 36.4 Å². The summed E-state index contributed by atoms with van der Waals surface area (Å²) in [6.45, 7) is 27.4. The SMILES string of the molecule is CC(C)(C)c1ccc(OP(=O)(O)O)c(C(C)(C)C)c1.CC(C)(C)c1ccc(OP234CC(CO2)(CO3)C4)c(C(C)(C)C)c1. The normalized spacial score (nSPS) is 23.6. The zero-order valence-corrected chi connectivity index (χ0v) is 29.4. The Bertz CT molecular complexity index is 1380. The van der Waals surface area contributed by atoms with Crippen LogP contribution >= 0.6 is 15.1 Å². The first-order valence-electron chi connectivity index (χ1n) is 14.8. The first-order chi connectivity index (χ1) is 18.8. The summed E-state index contributed by atoms with van der Waals surface area (Å²) < 4.78 is 34.7. The summed E-state index contributed by atoms with van der Waals surface area (Å²) in [6, 6.07) is 12.1. The fraction of sp³-hybridized carbons (Fsp3) is 0.636. The molecule has 0 atom stereocenters. The van der Waals surface area contributed by atoms with Crippen molar-refractivity contribution in [3.8, 4) is 11.5 Å². The van der Waals surface area contributed by atoms with Gasteiger partial charge in [-0.05, 0) is 22.5 Å². The molecule has 7 nitrogen and oxygen atoms in total. The number of rotatable bonds is 4. The van der Waals surface area contributed by atoms with Crippen molar-refractivity contribution in [3.63, 3.8) is 0 Å².